The van der Waals surface area contributed by atoms with Gasteiger partial charge >= 0.3 is 0 Å². The third-order valence-electron chi connectivity index (χ3n) is 1.75. The topological polar surface area (TPSA) is 103 Å². The molecular weight excluding hydrogens is 218 g/mol. The SMILES string of the molecule is CC(=O)c1nc(C)c(S(C)(=O)=O)c(N)n1. The lowest BCUT2D eigenvalue weighted by atomic mass is 10.3. The molecule has 0 radical (unpaired) electrons. The fourth-order valence-electron chi connectivity index (χ4n) is 1.20. The fourth-order valence-corrected chi connectivity index (χ4v) is 2.21. The van der Waals surface area contributed by atoms with Gasteiger partial charge in [-0.1, -0.05) is 0 Å². The molecule has 0 aliphatic carbocycles. The van der Waals surface area contributed by atoms with Crippen molar-refractivity contribution in [2.45, 2.75) is 18.7 Å². The largest absolute Gasteiger partial charge is 0.382 e. The Bertz CT molecular complexity index is 499. The standard InChI is InChI=1S/C8H11N3O3S/c1-4-6(15(3,13)14)7(9)11-8(10-4)5(2)12/h1-3H3,(H2,9,10,11). The van der Waals surface area contributed by atoms with E-state index in [-0.39, 0.29) is 28.0 Å². The van der Waals surface area contributed by atoms with Crippen LogP contribution >= 0.6 is 0 Å². The maximum absolute atomic E-state index is 11.3. The molecule has 1 aromatic rings. The molecule has 0 fully saturated rings. The minimum atomic E-state index is -3.47. The Hall–Kier alpha value is -1.50. The average Bonchev–Trinajstić information content (AvgIpc) is 1.99. The molecule has 15 heavy (non-hydrogen) atoms. The quantitative estimate of drug-likeness (QED) is 0.714. The zero-order chi connectivity index (χ0) is 11.8. The summed E-state index contributed by atoms with van der Waals surface area (Å²) in [6.45, 7) is 2.76. The Morgan fingerprint density at radius 3 is 2.20 bits per heavy atom. The Morgan fingerprint density at radius 1 is 1.33 bits per heavy atom. The first-order valence-corrected chi connectivity index (χ1v) is 5.97. The van der Waals surface area contributed by atoms with Gasteiger partial charge < -0.3 is 5.73 Å². The van der Waals surface area contributed by atoms with E-state index in [2.05, 4.69) is 9.97 Å². The van der Waals surface area contributed by atoms with Gasteiger partial charge in [0.05, 0.1) is 5.69 Å². The van der Waals surface area contributed by atoms with E-state index in [1.54, 1.807) is 0 Å². The van der Waals surface area contributed by atoms with Gasteiger partial charge in [0.15, 0.2) is 21.4 Å². The molecule has 0 saturated heterocycles. The first kappa shape index (κ1) is 11.6. The second-order valence-electron chi connectivity index (χ2n) is 3.18. The molecule has 6 nitrogen and oxygen atoms in total. The maximum Gasteiger partial charge on any atom is 0.197 e. The van der Waals surface area contributed by atoms with Gasteiger partial charge in [0.25, 0.3) is 0 Å². The van der Waals surface area contributed by atoms with Gasteiger partial charge in [-0.05, 0) is 6.92 Å². The summed E-state index contributed by atoms with van der Waals surface area (Å²) in [5, 5.41) is 0. The van der Waals surface area contributed by atoms with Crippen LogP contribution in [0.1, 0.15) is 23.2 Å². The number of sulfone groups is 1. The molecule has 0 atom stereocenters. The first-order chi connectivity index (χ1) is 6.73. The Morgan fingerprint density at radius 2 is 1.87 bits per heavy atom. The van der Waals surface area contributed by atoms with Crippen molar-refractivity contribution in [3.05, 3.63) is 11.5 Å². The highest BCUT2D eigenvalue weighted by Gasteiger charge is 2.19. The van der Waals surface area contributed by atoms with Crippen molar-refractivity contribution in [2.75, 3.05) is 12.0 Å². The van der Waals surface area contributed by atoms with Gasteiger partial charge in [-0.3, -0.25) is 4.79 Å². The van der Waals surface area contributed by atoms with Crippen LogP contribution in [0.2, 0.25) is 0 Å². The molecule has 0 bridgehead atoms. The van der Waals surface area contributed by atoms with Crippen molar-refractivity contribution in [3.8, 4) is 0 Å². The predicted molar refractivity (Wildman–Crippen MR) is 54.3 cm³/mol. The monoisotopic (exact) mass is 229 g/mol. The van der Waals surface area contributed by atoms with Crippen molar-refractivity contribution in [3.63, 3.8) is 0 Å². The number of hydrogen-bond acceptors (Lipinski definition) is 6. The van der Waals surface area contributed by atoms with Crippen LogP contribution in [0.5, 0.6) is 0 Å². The summed E-state index contributed by atoms with van der Waals surface area (Å²) in [6, 6.07) is 0. The average molecular weight is 229 g/mol. The van der Waals surface area contributed by atoms with Gasteiger partial charge in [-0.25, -0.2) is 18.4 Å². The molecule has 0 aromatic carbocycles. The molecule has 0 saturated carbocycles. The number of carbonyl (C=O) groups excluding carboxylic acids is 1. The molecule has 0 aliphatic rings. The lowest BCUT2D eigenvalue weighted by Crippen LogP contribution is -2.13. The van der Waals surface area contributed by atoms with Crippen LogP contribution in [0.3, 0.4) is 0 Å². The van der Waals surface area contributed by atoms with Crippen LogP contribution in [0.15, 0.2) is 4.90 Å². The van der Waals surface area contributed by atoms with Gasteiger partial charge in [-0.2, -0.15) is 0 Å². The van der Waals surface area contributed by atoms with Gasteiger partial charge in [0, 0.05) is 13.2 Å². The van der Waals surface area contributed by atoms with Crippen LogP contribution in [-0.4, -0.2) is 30.4 Å². The lowest BCUT2D eigenvalue weighted by Gasteiger charge is -2.06. The molecule has 0 amide bonds. The normalized spacial score (nSPS) is 11.4. The fraction of sp³-hybridized carbons (Fsp3) is 0.375. The van der Waals surface area contributed by atoms with E-state index in [0.717, 1.165) is 6.26 Å². The molecular formula is C8H11N3O3S. The highest BCUT2D eigenvalue weighted by molar-refractivity contribution is 7.90. The molecule has 82 valence electrons. The van der Waals surface area contributed by atoms with E-state index in [1.807, 2.05) is 0 Å². The maximum atomic E-state index is 11.3. The zero-order valence-corrected chi connectivity index (χ0v) is 9.42. The van der Waals surface area contributed by atoms with E-state index >= 15 is 0 Å². The second-order valence-corrected chi connectivity index (χ2v) is 5.13. The highest BCUT2D eigenvalue weighted by atomic mass is 32.2. The molecule has 2 N–H and O–H groups in total. The Labute approximate surface area is 87.5 Å². The minimum absolute atomic E-state index is 0.0719. The number of aromatic nitrogens is 2. The molecule has 0 spiro atoms. The summed E-state index contributed by atoms with van der Waals surface area (Å²) in [5.74, 6) is -0.613. The minimum Gasteiger partial charge on any atom is -0.382 e. The van der Waals surface area contributed by atoms with Crippen molar-refractivity contribution in [1.82, 2.24) is 9.97 Å². The van der Waals surface area contributed by atoms with E-state index in [0.29, 0.717) is 0 Å². The number of hydrogen-bond donors (Lipinski definition) is 1. The number of Topliss-reactive ketones (excluding diaryl/α,β-unsaturated/α-hetero) is 1. The van der Waals surface area contributed by atoms with E-state index in [4.69, 9.17) is 5.73 Å². The lowest BCUT2D eigenvalue weighted by molar-refractivity contribution is 0.100. The van der Waals surface area contributed by atoms with Crippen LogP contribution < -0.4 is 5.73 Å². The molecule has 0 aliphatic heterocycles. The van der Waals surface area contributed by atoms with Gasteiger partial charge in [-0.15, -0.1) is 0 Å². The highest BCUT2D eigenvalue weighted by Crippen LogP contribution is 2.19. The van der Waals surface area contributed by atoms with Gasteiger partial charge in [0.2, 0.25) is 0 Å². The van der Waals surface area contributed by atoms with Crippen LogP contribution in [0.25, 0.3) is 0 Å². The molecule has 7 heteroatoms. The summed E-state index contributed by atoms with van der Waals surface area (Å²) in [6.07, 6.45) is 1.02. The van der Waals surface area contributed by atoms with Crippen molar-refractivity contribution in [2.24, 2.45) is 0 Å². The summed E-state index contributed by atoms with van der Waals surface area (Å²) in [5.41, 5.74) is 5.65. The second kappa shape index (κ2) is 3.58. The molecule has 1 aromatic heterocycles. The number of rotatable bonds is 2. The van der Waals surface area contributed by atoms with E-state index < -0.39 is 9.84 Å². The van der Waals surface area contributed by atoms with Crippen LogP contribution in [0, 0.1) is 6.92 Å². The van der Waals surface area contributed by atoms with Crippen molar-refractivity contribution < 1.29 is 13.2 Å². The number of nitrogens with two attached hydrogens (primary N) is 1. The zero-order valence-electron chi connectivity index (χ0n) is 8.60. The van der Waals surface area contributed by atoms with Crippen molar-refractivity contribution in [1.29, 1.82) is 0 Å². The third-order valence-corrected chi connectivity index (χ3v) is 2.99. The predicted octanol–water partition coefficient (Wildman–Crippen LogP) is -0.0267. The number of nitrogens with zero attached hydrogens (tertiary/aromatic N) is 2. The summed E-state index contributed by atoms with van der Waals surface area (Å²) in [7, 11) is -3.47. The van der Waals surface area contributed by atoms with E-state index in [1.165, 1.54) is 13.8 Å². The number of ketones is 1. The Kier molecular flexibility index (Phi) is 2.76. The van der Waals surface area contributed by atoms with Gasteiger partial charge in [0.1, 0.15) is 10.7 Å². The third kappa shape index (κ3) is 2.30. The number of aryl methyl sites for hydroxylation is 1. The smallest absolute Gasteiger partial charge is 0.197 e. The van der Waals surface area contributed by atoms with Crippen LogP contribution in [0.4, 0.5) is 5.82 Å². The summed E-state index contributed by atoms with van der Waals surface area (Å²) >= 11 is 0. The van der Waals surface area contributed by atoms with E-state index in [9.17, 15) is 13.2 Å². The van der Waals surface area contributed by atoms with Crippen molar-refractivity contribution >= 4 is 21.4 Å². The number of anilines is 1. The first-order valence-electron chi connectivity index (χ1n) is 4.08. The number of carbonyl (C=O) groups is 1. The van der Waals surface area contributed by atoms with Crippen LogP contribution in [-0.2, 0) is 9.84 Å². The summed E-state index contributed by atoms with van der Waals surface area (Å²) < 4.78 is 22.6. The molecule has 1 heterocycles. The molecule has 1 rings (SSSR count). The molecule has 0 unspecified atom stereocenters. The Balaban J connectivity index is 3.55. The number of nitrogen functional groups attached to an aromatic ring is 1. The summed E-state index contributed by atoms with van der Waals surface area (Å²) in [4.78, 5) is 18.3.